The molecule has 1 fully saturated rings. The van der Waals surface area contributed by atoms with Crippen molar-refractivity contribution in [3.8, 4) is 0 Å². The first kappa shape index (κ1) is 15.5. The standard InChI is InChI=1S/C19H21ClFN/c20-12-17-14-22(13-15-4-2-1-3-5-15)11-10-19(17)16-6-8-18(21)9-7-16/h1-9,17,19H,10-14H2. The molecule has 0 aromatic heterocycles. The summed E-state index contributed by atoms with van der Waals surface area (Å²) < 4.78 is 13.1. The molecule has 3 heteroatoms. The first-order valence-corrected chi connectivity index (χ1v) is 8.37. The fraction of sp³-hybridized carbons (Fsp3) is 0.368. The maximum absolute atomic E-state index is 13.1. The van der Waals surface area contributed by atoms with Gasteiger partial charge in [-0.15, -0.1) is 11.6 Å². The van der Waals surface area contributed by atoms with Gasteiger partial charge < -0.3 is 0 Å². The Morgan fingerprint density at radius 3 is 2.45 bits per heavy atom. The number of rotatable bonds is 4. The lowest BCUT2D eigenvalue weighted by atomic mass is 9.81. The third kappa shape index (κ3) is 3.68. The molecule has 3 rings (SSSR count). The molecule has 0 spiro atoms. The van der Waals surface area contributed by atoms with E-state index in [1.165, 1.54) is 11.1 Å². The Morgan fingerprint density at radius 1 is 1.05 bits per heavy atom. The van der Waals surface area contributed by atoms with E-state index in [9.17, 15) is 4.39 Å². The Labute approximate surface area is 136 Å². The van der Waals surface area contributed by atoms with Gasteiger partial charge >= 0.3 is 0 Å². The lowest BCUT2D eigenvalue weighted by Gasteiger charge is -2.38. The van der Waals surface area contributed by atoms with Crippen LogP contribution in [0.2, 0.25) is 0 Å². The fourth-order valence-corrected chi connectivity index (χ4v) is 3.71. The van der Waals surface area contributed by atoms with E-state index in [1.807, 2.05) is 18.2 Å². The SMILES string of the molecule is Fc1ccc(C2CCN(Cc3ccccc3)CC2CCl)cc1. The fourth-order valence-electron chi connectivity index (χ4n) is 3.40. The van der Waals surface area contributed by atoms with Crippen molar-refractivity contribution in [1.29, 1.82) is 0 Å². The Morgan fingerprint density at radius 2 is 1.77 bits per heavy atom. The van der Waals surface area contributed by atoms with E-state index in [2.05, 4.69) is 29.2 Å². The predicted molar refractivity (Wildman–Crippen MR) is 89.7 cm³/mol. The minimum absolute atomic E-state index is 0.173. The van der Waals surface area contributed by atoms with Gasteiger partial charge in [0.25, 0.3) is 0 Å². The zero-order valence-electron chi connectivity index (χ0n) is 12.6. The molecule has 0 bridgehead atoms. The van der Waals surface area contributed by atoms with Crippen LogP contribution >= 0.6 is 11.6 Å². The van der Waals surface area contributed by atoms with E-state index in [1.54, 1.807) is 12.1 Å². The van der Waals surface area contributed by atoms with Crippen molar-refractivity contribution in [3.63, 3.8) is 0 Å². The predicted octanol–water partition coefficient (Wildman–Crippen LogP) is 4.67. The summed E-state index contributed by atoms with van der Waals surface area (Å²) in [4.78, 5) is 2.47. The van der Waals surface area contributed by atoms with Crippen LogP contribution < -0.4 is 0 Å². The van der Waals surface area contributed by atoms with E-state index < -0.39 is 0 Å². The third-order valence-corrected chi connectivity index (χ3v) is 4.96. The highest BCUT2D eigenvalue weighted by atomic mass is 35.5. The average Bonchev–Trinajstić information content (AvgIpc) is 2.56. The van der Waals surface area contributed by atoms with Crippen molar-refractivity contribution in [2.45, 2.75) is 18.9 Å². The van der Waals surface area contributed by atoms with Crippen LogP contribution in [0.5, 0.6) is 0 Å². The first-order chi connectivity index (χ1) is 10.8. The largest absolute Gasteiger partial charge is 0.299 e. The second-order valence-corrected chi connectivity index (χ2v) is 6.39. The summed E-state index contributed by atoms with van der Waals surface area (Å²) in [6.07, 6.45) is 1.08. The van der Waals surface area contributed by atoms with Gasteiger partial charge in [0.2, 0.25) is 0 Å². The van der Waals surface area contributed by atoms with Crippen LogP contribution in [-0.4, -0.2) is 23.9 Å². The number of alkyl halides is 1. The Kier molecular flexibility index (Phi) is 5.12. The third-order valence-electron chi connectivity index (χ3n) is 4.56. The van der Waals surface area contributed by atoms with E-state index in [-0.39, 0.29) is 5.82 Å². The van der Waals surface area contributed by atoms with Gasteiger partial charge in [0.1, 0.15) is 5.82 Å². The molecular formula is C19H21ClFN. The number of hydrogen-bond acceptors (Lipinski definition) is 1. The van der Waals surface area contributed by atoms with Gasteiger partial charge in [-0.2, -0.15) is 0 Å². The van der Waals surface area contributed by atoms with Crippen LogP contribution in [0.4, 0.5) is 4.39 Å². The molecule has 1 aliphatic heterocycles. The minimum atomic E-state index is -0.173. The van der Waals surface area contributed by atoms with Gasteiger partial charge in [0, 0.05) is 19.0 Å². The molecule has 1 nitrogen and oxygen atoms in total. The number of hydrogen-bond donors (Lipinski definition) is 0. The van der Waals surface area contributed by atoms with Crippen LogP contribution in [0.25, 0.3) is 0 Å². The number of halogens is 2. The minimum Gasteiger partial charge on any atom is -0.299 e. The maximum Gasteiger partial charge on any atom is 0.123 e. The zero-order valence-corrected chi connectivity index (χ0v) is 13.3. The molecule has 1 saturated heterocycles. The monoisotopic (exact) mass is 317 g/mol. The molecule has 22 heavy (non-hydrogen) atoms. The van der Waals surface area contributed by atoms with Crippen LogP contribution in [0.3, 0.4) is 0 Å². The normalized spacial score (nSPS) is 22.6. The van der Waals surface area contributed by atoms with E-state index in [0.717, 1.165) is 26.1 Å². The Balaban J connectivity index is 1.67. The van der Waals surface area contributed by atoms with Crippen molar-refractivity contribution in [2.24, 2.45) is 5.92 Å². The van der Waals surface area contributed by atoms with Gasteiger partial charge in [-0.25, -0.2) is 4.39 Å². The van der Waals surface area contributed by atoms with Crippen molar-refractivity contribution in [2.75, 3.05) is 19.0 Å². The highest BCUT2D eigenvalue weighted by molar-refractivity contribution is 6.18. The molecule has 2 aromatic carbocycles. The molecule has 0 N–H and O–H groups in total. The van der Waals surface area contributed by atoms with Gasteiger partial charge in [-0.1, -0.05) is 42.5 Å². The average molecular weight is 318 g/mol. The lowest BCUT2D eigenvalue weighted by Crippen LogP contribution is -2.39. The summed E-state index contributed by atoms with van der Waals surface area (Å²) in [6.45, 7) is 3.04. The molecule has 0 aliphatic carbocycles. The Hall–Kier alpha value is -1.38. The molecule has 0 radical (unpaired) electrons. The highest BCUT2D eigenvalue weighted by Gasteiger charge is 2.29. The van der Waals surface area contributed by atoms with E-state index >= 15 is 0 Å². The summed E-state index contributed by atoms with van der Waals surface area (Å²) in [5.41, 5.74) is 2.56. The summed E-state index contributed by atoms with van der Waals surface area (Å²) >= 11 is 6.22. The summed E-state index contributed by atoms with van der Waals surface area (Å²) in [7, 11) is 0. The molecule has 1 heterocycles. The Bertz CT molecular complexity index is 584. The van der Waals surface area contributed by atoms with Crippen molar-refractivity contribution in [1.82, 2.24) is 4.90 Å². The molecule has 1 aliphatic rings. The molecule has 2 aromatic rings. The number of likely N-dealkylation sites (tertiary alicyclic amines) is 1. The van der Waals surface area contributed by atoms with E-state index in [4.69, 9.17) is 11.6 Å². The number of piperidine rings is 1. The van der Waals surface area contributed by atoms with Gasteiger partial charge in [-0.3, -0.25) is 4.90 Å². The smallest absolute Gasteiger partial charge is 0.123 e. The topological polar surface area (TPSA) is 3.24 Å². The maximum atomic E-state index is 13.1. The number of nitrogens with zero attached hydrogens (tertiary/aromatic N) is 1. The molecule has 0 amide bonds. The molecule has 116 valence electrons. The second-order valence-electron chi connectivity index (χ2n) is 6.08. The number of benzene rings is 2. The van der Waals surface area contributed by atoms with Crippen LogP contribution in [0.15, 0.2) is 54.6 Å². The van der Waals surface area contributed by atoms with Crippen molar-refractivity contribution in [3.05, 3.63) is 71.5 Å². The highest BCUT2D eigenvalue weighted by Crippen LogP contribution is 2.34. The zero-order chi connectivity index (χ0) is 15.4. The summed E-state index contributed by atoms with van der Waals surface area (Å²) in [5, 5.41) is 0. The molecule has 2 atom stereocenters. The molecular weight excluding hydrogens is 297 g/mol. The summed E-state index contributed by atoms with van der Waals surface area (Å²) in [6, 6.07) is 17.5. The second kappa shape index (κ2) is 7.26. The molecule has 0 saturated carbocycles. The van der Waals surface area contributed by atoms with Crippen LogP contribution in [0, 0.1) is 11.7 Å². The van der Waals surface area contributed by atoms with Gasteiger partial charge in [0.15, 0.2) is 0 Å². The summed E-state index contributed by atoms with van der Waals surface area (Å²) in [5.74, 6) is 1.33. The quantitative estimate of drug-likeness (QED) is 0.741. The van der Waals surface area contributed by atoms with Crippen LogP contribution in [-0.2, 0) is 6.54 Å². The van der Waals surface area contributed by atoms with Crippen molar-refractivity contribution < 1.29 is 4.39 Å². The lowest BCUT2D eigenvalue weighted by molar-refractivity contribution is 0.158. The first-order valence-electron chi connectivity index (χ1n) is 7.84. The molecule has 2 unspecified atom stereocenters. The van der Waals surface area contributed by atoms with Gasteiger partial charge in [0.05, 0.1) is 0 Å². The van der Waals surface area contributed by atoms with Gasteiger partial charge in [-0.05, 0) is 48.1 Å². The van der Waals surface area contributed by atoms with Crippen LogP contribution in [0.1, 0.15) is 23.5 Å². The van der Waals surface area contributed by atoms with E-state index in [0.29, 0.717) is 17.7 Å². The van der Waals surface area contributed by atoms with Crippen molar-refractivity contribution >= 4 is 11.6 Å².